The lowest BCUT2D eigenvalue weighted by Gasteiger charge is -2.34. The first-order valence-electron chi connectivity index (χ1n) is 6.21. The highest BCUT2D eigenvalue weighted by Gasteiger charge is 2.39. The fourth-order valence-corrected chi connectivity index (χ4v) is 2.39. The fourth-order valence-electron chi connectivity index (χ4n) is 2.39. The van der Waals surface area contributed by atoms with E-state index in [9.17, 15) is 4.79 Å². The Bertz CT molecular complexity index is 202. The first-order valence-corrected chi connectivity index (χ1v) is 6.21. The van der Waals surface area contributed by atoms with Crippen LogP contribution in [0.4, 0.5) is 0 Å². The molecule has 0 fully saturated rings. The molecule has 0 saturated heterocycles. The SMILES string of the molecule is CCNC(CC(C)C)(CC(C)C)C(=O)OC. The Kier molecular flexibility index (Phi) is 6.65. The van der Waals surface area contributed by atoms with Crippen molar-refractivity contribution in [1.82, 2.24) is 5.32 Å². The predicted octanol–water partition coefficient (Wildman–Crippen LogP) is 2.60. The summed E-state index contributed by atoms with van der Waals surface area (Å²) in [6.07, 6.45) is 1.65. The second-order valence-electron chi connectivity index (χ2n) is 5.30. The number of esters is 1. The van der Waals surface area contributed by atoms with Crippen molar-refractivity contribution in [2.24, 2.45) is 11.8 Å². The normalized spacial score (nSPS) is 12.2. The quantitative estimate of drug-likeness (QED) is 0.682. The highest BCUT2D eigenvalue weighted by Crippen LogP contribution is 2.26. The van der Waals surface area contributed by atoms with Crippen LogP contribution in [0.2, 0.25) is 0 Å². The van der Waals surface area contributed by atoms with Gasteiger partial charge in [-0.3, -0.25) is 4.79 Å². The molecule has 0 atom stereocenters. The number of hydrogen-bond donors (Lipinski definition) is 1. The summed E-state index contributed by atoms with van der Waals surface area (Å²) in [5, 5.41) is 3.33. The first-order chi connectivity index (χ1) is 7.38. The molecule has 0 radical (unpaired) electrons. The second-order valence-corrected chi connectivity index (χ2v) is 5.30. The minimum absolute atomic E-state index is 0.128. The average Bonchev–Trinajstić information content (AvgIpc) is 2.14. The Morgan fingerprint density at radius 1 is 1.19 bits per heavy atom. The molecule has 0 aromatic carbocycles. The third-order valence-electron chi connectivity index (χ3n) is 2.60. The van der Waals surface area contributed by atoms with E-state index in [1.165, 1.54) is 7.11 Å². The molecule has 0 aliphatic heterocycles. The Labute approximate surface area is 99.9 Å². The molecule has 0 spiro atoms. The van der Waals surface area contributed by atoms with Gasteiger partial charge < -0.3 is 10.1 Å². The van der Waals surface area contributed by atoms with Gasteiger partial charge in [0.05, 0.1) is 7.11 Å². The molecule has 0 heterocycles. The van der Waals surface area contributed by atoms with Gasteiger partial charge in [0.25, 0.3) is 0 Å². The van der Waals surface area contributed by atoms with Gasteiger partial charge in [-0.1, -0.05) is 34.6 Å². The summed E-state index contributed by atoms with van der Waals surface area (Å²) in [6, 6.07) is 0. The summed E-state index contributed by atoms with van der Waals surface area (Å²) >= 11 is 0. The lowest BCUT2D eigenvalue weighted by molar-refractivity contribution is -0.150. The molecule has 0 aromatic rings. The van der Waals surface area contributed by atoms with Crippen LogP contribution >= 0.6 is 0 Å². The van der Waals surface area contributed by atoms with Crippen molar-refractivity contribution in [3.05, 3.63) is 0 Å². The third-order valence-corrected chi connectivity index (χ3v) is 2.60. The zero-order valence-corrected chi connectivity index (χ0v) is 11.6. The second kappa shape index (κ2) is 6.89. The van der Waals surface area contributed by atoms with E-state index in [4.69, 9.17) is 4.74 Å². The third kappa shape index (κ3) is 4.52. The van der Waals surface area contributed by atoms with E-state index in [1.54, 1.807) is 0 Å². The monoisotopic (exact) mass is 229 g/mol. The molecular weight excluding hydrogens is 202 g/mol. The van der Waals surface area contributed by atoms with Crippen LogP contribution in [0.3, 0.4) is 0 Å². The molecule has 16 heavy (non-hydrogen) atoms. The van der Waals surface area contributed by atoms with Crippen molar-refractivity contribution in [3.63, 3.8) is 0 Å². The molecule has 0 aliphatic rings. The molecule has 0 aromatic heterocycles. The van der Waals surface area contributed by atoms with Gasteiger partial charge in [-0.2, -0.15) is 0 Å². The van der Waals surface area contributed by atoms with E-state index in [-0.39, 0.29) is 5.97 Å². The Morgan fingerprint density at radius 3 is 1.88 bits per heavy atom. The average molecular weight is 229 g/mol. The minimum atomic E-state index is -0.508. The van der Waals surface area contributed by atoms with Crippen molar-refractivity contribution in [2.45, 2.75) is 53.0 Å². The highest BCUT2D eigenvalue weighted by molar-refractivity contribution is 5.80. The van der Waals surface area contributed by atoms with Crippen LogP contribution in [0.25, 0.3) is 0 Å². The number of hydrogen-bond acceptors (Lipinski definition) is 3. The van der Waals surface area contributed by atoms with Gasteiger partial charge in [-0.25, -0.2) is 0 Å². The summed E-state index contributed by atoms with van der Waals surface area (Å²) in [5.74, 6) is 0.811. The van der Waals surface area contributed by atoms with Crippen molar-refractivity contribution in [2.75, 3.05) is 13.7 Å². The Morgan fingerprint density at radius 2 is 1.62 bits per heavy atom. The summed E-state index contributed by atoms with van der Waals surface area (Å²) in [6.45, 7) is 11.3. The van der Waals surface area contributed by atoms with Gasteiger partial charge in [-0.15, -0.1) is 0 Å². The van der Waals surface area contributed by atoms with Gasteiger partial charge in [0, 0.05) is 0 Å². The van der Waals surface area contributed by atoms with E-state index >= 15 is 0 Å². The molecule has 0 rings (SSSR count). The number of rotatable bonds is 7. The van der Waals surface area contributed by atoms with E-state index < -0.39 is 5.54 Å². The topological polar surface area (TPSA) is 38.3 Å². The maximum absolute atomic E-state index is 12.0. The summed E-state index contributed by atoms with van der Waals surface area (Å²) in [4.78, 5) is 12.0. The van der Waals surface area contributed by atoms with Gasteiger partial charge >= 0.3 is 5.97 Å². The number of ether oxygens (including phenoxy) is 1. The van der Waals surface area contributed by atoms with Gasteiger partial charge in [0.15, 0.2) is 0 Å². The zero-order valence-electron chi connectivity index (χ0n) is 11.6. The van der Waals surface area contributed by atoms with Crippen LogP contribution in [0, 0.1) is 11.8 Å². The van der Waals surface area contributed by atoms with Crippen molar-refractivity contribution < 1.29 is 9.53 Å². The standard InChI is InChI=1S/C13H27NO2/c1-7-14-13(8-10(2)3,9-11(4)5)12(15)16-6/h10-11,14H,7-9H2,1-6H3. The summed E-state index contributed by atoms with van der Waals surface area (Å²) < 4.78 is 4.97. The maximum Gasteiger partial charge on any atom is 0.326 e. The van der Waals surface area contributed by atoms with E-state index in [2.05, 4.69) is 33.0 Å². The number of methoxy groups -OCH3 is 1. The van der Waals surface area contributed by atoms with Crippen molar-refractivity contribution in [1.29, 1.82) is 0 Å². The number of carbonyl (C=O) groups excluding carboxylic acids is 1. The molecule has 0 bridgehead atoms. The van der Waals surface area contributed by atoms with Crippen LogP contribution in [0.5, 0.6) is 0 Å². The highest BCUT2D eigenvalue weighted by atomic mass is 16.5. The maximum atomic E-state index is 12.0. The number of carbonyl (C=O) groups is 1. The Hall–Kier alpha value is -0.570. The predicted molar refractivity (Wildman–Crippen MR) is 67.3 cm³/mol. The molecule has 0 amide bonds. The van der Waals surface area contributed by atoms with Crippen molar-refractivity contribution >= 4 is 5.97 Å². The van der Waals surface area contributed by atoms with Crippen molar-refractivity contribution in [3.8, 4) is 0 Å². The van der Waals surface area contributed by atoms with Gasteiger partial charge in [-0.05, 0) is 31.2 Å². The van der Waals surface area contributed by atoms with Crippen LogP contribution in [-0.4, -0.2) is 25.2 Å². The first kappa shape index (κ1) is 15.4. The largest absolute Gasteiger partial charge is 0.468 e. The lowest BCUT2D eigenvalue weighted by Crippen LogP contribution is -2.54. The fraction of sp³-hybridized carbons (Fsp3) is 0.923. The zero-order chi connectivity index (χ0) is 12.8. The molecule has 96 valence electrons. The van der Waals surface area contributed by atoms with Crippen LogP contribution in [0.15, 0.2) is 0 Å². The van der Waals surface area contributed by atoms with Crippen LogP contribution in [0.1, 0.15) is 47.5 Å². The molecule has 3 nitrogen and oxygen atoms in total. The Balaban J connectivity index is 4.95. The molecule has 0 unspecified atom stereocenters. The molecule has 1 N–H and O–H groups in total. The summed E-state index contributed by atoms with van der Waals surface area (Å²) in [7, 11) is 1.47. The van der Waals surface area contributed by atoms with Crippen LogP contribution in [-0.2, 0) is 9.53 Å². The van der Waals surface area contributed by atoms with E-state index in [0.717, 1.165) is 19.4 Å². The lowest BCUT2D eigenvalue weighted by atomic mass is 9.81. The number of nitrogens with one attached hydrogen (secondary N) is 1. The van der Waals surface area contributed by atoms with Crippen LogP contribution < -0.4 is 5.32 Å². The molecule has 3 heteroatoms. The van der Waals surface area contributed by atoms with Gasteiger partial charge in [0.1, 0.15) is 5.54 Å². The molecule has 0 saturated carbocycles. The molecule has 0 aliphatic carbocycles. The van der Waals surface area contributed by atoms with Gasteiger partial charge in [0.2, 0.25) is 0 Å². The van der Waals surface area contributed by atoms with E-state index in [0.29, 0.717) is 11.8 Å². The number of likely N-dealkylation sites (N-methyl/N-ethyl adjacent to an activating group) is 1. The smallest absolute Gasteiger partial charge is 0.326 e. The van der Waals surface area contributed by atoms with E-state index in [1.807, 2.05) is 6.92 Å². The molecular formula is C13H27NO2. The summed E-state index contributed by atoms with van der Waals surface area (Å²) in [5.41, 5.74) is -0.508. The minimum Gasteiger partial charge on any atom is -0.468 e.